The van der Waals surface area contributed by atoms with E-state index in [1.54, 1.807) is 11.8 Å². The van der Waals surface area contributed by atoms with Gasteiger partial charge in [-0.05, 0) is 92.5 Å². The van der Waals surface area contributed by atoms with Gasteiger partial charge in [0.1, 0.15) is 12.1 Å². The number of hydrogen-bond acceptors (Lipinski definition) is 5. The second-order valence-electron chi connectivity index (χ2n) is 11.9. The van der Waals surface area contributed by atoms with Gasteiger partial charge in [-0.3, -0.25) is 0 Å². The first-order valence-corrected chi connectivity index (χ1v) is 16.7. The van der Waals surface area contributed by atoms with E-state index < -0.39 is 6.36 Å². The molecule has 4 aromatic rings. The van der Waals surface area contributed by atoms with Gasteiger partial charge in [-0.1, -0.05) is 62.0 Å². The maximum absolute atomic E-state index is 12.9. The molecule has 1 fully saturated rings. The standard InChI is InChI=1S/C35H39F3N6O2S/c1-23(2)31-24(3)8-5-11-30(31)43-20-7-21-47-34(43)41-33(45)40-25(4)9-6-10-26-12-14-27(15-13-26)32-39-22-44(42-32)28-16-18-29(19-17-28)46-35(36,37)38/h5,8,11-19,22-23,25H,6-7,9-10,20-21H2,1-4H3,(H,40,45)/b41-34-. The summed E-state index contributed by atoms with van der Waals surface area (Å²) in [6.45, 7) is 9.37. The molecule has 0 spiro atoms. The van der Waals surface area contributed by atoms with Crippen LogP contribution in [0.2, 0.25) is 0 Å². The van der Waals surface area contributed by atoms with E-state index in [9.17, 15) is 18.0 Å². The largest absolute Gasteiger partial charge is 0.573 e. The Morgan fingerprint density at radius 2 is 1.81 bits per heavy atom. The minimum Gasteiger partial charge on any atom is -0.406 e. The van der Waals surface area contributed by atoms with E-state index in [1.807, 2.05) is 31.2 Å². The maximum Gasteiger partial charge on any atom is 0.573 e. The SMILES string of the molecule is Cc1cccc(N2CCCS/C2=N\C(=O)NC(C)CCCc2ccc(-c3ncn(-c4ccc(OC(F)(F)F)cc4)n3)cc2)c1C(C)C. The lowest BCUT2D eigenvalue weighted by molar-refractivity contribution is -0.274. The van der Waals surface area contributed by atoms with Crippen molar-refractivity contribution in [2.24, 2.45) is 4.99 Å². The summed E-state index contributed by atoms with van der Waals surface area (Å²) in [5.41, 5.74) is 6.21. The Kier molecular flexibility index (Phi) is 10.9. The number of alkyl halides is 3. The number of urea groups is 1. The fourth-order valence-corrected chi connectivity index (χ4v) is 6.63. The molecule has 0 saturated carbocycles. The van der Waals surface area contributed by atoms with Crippen LogP contribution in [0.1, 0.15) is 62.6 Å². The molecule has 0 bridgehead atoms. The van der Waals surface area contributed by atoms with Crippen LogP contribution in [0.15, 0.2) is 78.0 Å². The molecule has 3 aromatic carbocycles. The van der Waals surface area contributed by atoms with Gasteiger partial charge in [0.25, 0.3) is 0 Å². The average molecular weight is 665 g/mol. The number of carbonyl (C=O) groups excluding carboxylic acids is 1. The van der Waals surface area contributed by atoms with Gasteiger partial charge in [0.15, 0.2) is 11.0 Å². The fourth-order valence-electron chi connectivity index (χ4n) is 5.68. The van der Waals surface area contributed by atoms with Crippen LogP contribution in [0.3, 0.4) is 0 Å². The number of amidine groups is 1. The first-order chi connectivity index (χ1) is 22.5. The molecule has 47 heavy (non-hydrogen) atoms. The molecule has 12 heteroatoms. The lowest BCUT2D eigenvalue weighted by Gasteiger charge is -2.32. The van der Waals surface area contributed by atoms with E-state index in [-0.39, 0.29) is 17.8 Å². The van der Waals surface area contributed by atoms with Gasteiger partial charge in [0.05, 0.1) is 5.69 Å². The van der Waals surface area contributed by atoms with Crippen molar-refractivity contribution in [1.29, 1.82) is 0 Å². The average Bonchev–Trinajstić information content (AvgIpc) is 3.51. The second kappa shape index (κ2) is 15.1. The zero-order valence-electron chi connectivity index (χ0n) is 26.9. The van der Waals surface area contributed by atoms with Gasteiger partial charge in [-0.25, -0.2) is 14.5 Å². The molecular formula is C35H39F3N6O2S. The zero-order chi connectivity index (χ0) is 33.6. The molecule has 1 N–H and O–H groups in total. The van der Waals surface area contributed by atoms with Crippen molar-refractivity contribution in [2.45, 2.75) is 71.7 Å². The Morgan fingerprint density at radius 1 is 1.06 bits per heavy atom. The van der Waals surface area contributed by atoms with Crippen LogP contribution in [-0.4, -0.2) is 50.7 Å². The molecule has 1 saturated heterocycles. The van der Waals surface area contributed by atoms with Crippen molar-refractivity contribution >= 4 is 28.6 Å². The lowest BCUT2D eigenvalue weighted by atomic mass is 9.95. The summed E-state index contributed by atoms with van der Waals surface area (Å²) in [6.07, 6.45) is 0.353. The molecule has 1 aliphatic rings. The maximum atomic E-state index is 12.9. The smallest absolute Gasteiger partial charge is 0.406 e. The van der Waals surface area contributed by atoms with Crippen LogP contribution in [0, 0.1) is 6.92 Å². The molecular weight excluding hydrogens is 625 g/mol. The van der Waals surface area contributed by atoms with Crippen molar-refractivity contribution in [3.8, 4) is 22.8 Å². The Labute approximate surface area is 277 Å². The fraction of sp³-hybridized carbons (Fsp3) is 0.371. The highest BCUT2D eigenvalue weighted by Crippen LogP contribution is 2.34. The molecule has 1 unspecified atom stereocenters. The van der Waals surface area contributed by atoms with Crippen molar-refractivity contribution in [3.05, 3.63) is 89.7 Å². The molecule has 248 valence electrons. The minimum absolute atomic E-state index is 0.0272. The molecule has 1 atom stereocenters. The number of aryl methyl sites for hydroxylation is 2. The van der Waals surface area contributed by atoms with Crippen molar-refractivity contribution in [2.75, 3.05) is 17.2 Å². The van der Waals surface area contributed by atoms with E-state index in [1.165, 1.54) is 46.4 Å². The van der Waals surface area contributed by atoms with E-state index in [4.69, 9.17) is 0 Å². The van der Waals surface area contributed by atoms with Gasteiger partial charge in [0.2, 0.25) is 0 Å². The quantitative estimate of drug-likeness (QED) is 0.183. The second-order valence-corrected chi connectivity index (χ2v) is 13.0. The van der Waals surface area contributed by atoms with Crippen molar-refractivity contribution in [3.63, 3.8) is 0 Å². The molecule has 5 rings (SSSR count). The third kappa shape index (κ3) is 9.15. The zero-order valence-corrected chi connectivity index (χ0v) is 27.7. The molecule has 8 nitrogen and oxygen atoms in total. The summed E-state index contributed by atoms with van der Waals surface area (Å²) < 4.78 is 42.7. The number of hydrogen-bond donors (Lipinski definition) is 1. The molecule has 0 aliphatic carbocycles. The first kappa shape index (κ1) is 34.0. The van der Waals surface area contributed by atoms with Crippen LogP contribution in [0.25, 0.3) is 17.1 Å². The molecule has 0 radical (unpaired) electrons. The van der Waals surface area contributed by atoms with Gasteiger partial charge >= 0.3 is 12.4 Å². The Bertz CT molecular complexity index is 1690. The number of carbonyl (C=O) groups is 1. The summed E-state index contributed by atoms with van der Waals surface area (Å²) in [4.78, 5) is 24.0. The Balaban J connectivity index is 1.12. The van der Waals surface area contributed by atoms with Gasteiger partial charge in [-0.15, -0.1) is 18.3 Å². The number of ether oxygens (including phenoxy) is 1. The third-order valence-corrected chi connectivity index (χ3v) is 8.93. The van der Waals surface area contributed by atoms with E-state index in [2.05, 4.69) is 69.0 Å². The number of thioether (sulfide) groups is 1. The molecule has 2 amide bonds. The Hall–Kier alpha value is -4.32. The first-order valence-electron chi connectivity index (χ1n) is 15.7. The van der Waals surface area contributed by atoms with Gasteiger partial charge in [-0.2, -0.15) is 4.99 Å². The van der Waals surface area contributed by atoms with E-state index in [0.29, 0.717) is 17.4 Å². The van der Waals surface area contributed by atoms with Crippen LogP contribution in [0.4, 0.5) is 23.7 Å². The Morgan fingerprint density at radius 3 is 2.51 bits per heavy atom. The number of aromatic nitrogens is 3. The number of nitrogens with one attached hydrogen (secondary N) is 1. The number of anilines is 1. The van der Waals surface area contributed by atoms with Crippen LogP contribution in [0.5, 0.6) is 5.75 Å². The topological polar surface area (TPSA) is 84.6 Å². The summed E-state index contributed by atoms with van der Waals surface area (Å²) in [7, 11) is 0. The number of halogens is 3. The molecule has 1 aromatic heterocycles. The number of benzene rings is 3. The predicted molar refractivity (Wildman–Crippen MR) is 182 cm³/mol. The number of nitrogens with zero attached hydrogens (tertiary/aromatic N) is 5. The van der Waals surface area contributed by atoms with Gasteiger partial charge in [0, 0.05) is 29.6 Å². The number of aliphatic imine (C=N–C) groups is 1. The predicted octanol–water partition coefficient (Wildman–Crippen LogP) is 8.69. The summed E-state index contributed by atoms with van der Waals surface area (Å²) in [5, 5.41) is 8.27. The molecule has 2 heterocycles. The number of amides is 2. The highest BCUT2D eigenvalue weighted by atomic mass is 32.2. The van der Waals surface area contributed by atoms with E-state index >= 15 is 0 Å². The van der Waals surface area contributed by atoms with E-state index in [0.717, 1.165) is 60.0 Å². The summed E-state index contributed by atoms with van der Waals surface area (Å²) in [6, 6.07) is 19.4. The van der Waals surface area contributed by atoms with Gasteiger partial charge < -0.3 is 15.0 Å². The normalized spacial score (nSPS) is 15.2. The van der Waals surface area contributed by atoms with Crippen LogP contribution < -0.4 is 15.0 Å². The number of rotatable bonds is 10. The minimum atomic E-state index is -4.74. The van der Waals surface area contributed by atoms with Crippen molar-refractivity contribution < 1.29 is 22.7 Å². The highest BCUT2D eigenvalue weighted by Gasteiger charge is 2.31. The lowest BCUT2D eigenvalue weighted by Crippen LogP contribution is -2.38. The van der Waals surface area contributed by atoms with Crippen LogP contribution >= 0.6 is 11.8 Å². The highest BCUT2D eigenvalue weighted by molar-refractivity contribution is 8.14. The summed E-state index contributed by atoms with van der Waals surface area (Å²) >= 11 is 1.63. The molecule has 1 aliphatic heterocycles. The monoisotopic (exact) mass is 664 g/mol. The summed E-state index contributed by atoms with van der Waals surface area (Å²) in [5.74, 6) is 1.51. The van der Waals surface area contributed by atoms with Crippen LogP contribution in [-0.2, 0) is 6.42 Å². The van der Waals surface area contributed by atoms with Crippen molar-refractivity contribution in [1.82, 2.24) is 20.1 Å². The third-order valence-electron chi connectivity index (χ3n) is 7.87.